The molecule has 1 N–H and O–H groups in total. The second-order valence-corrected chi connectivity index (χ2v) is 7.55. The van der Waals surface area contributed by atoms with Crippen molar-refractivity contribution in [2.75, 3.05) is 11.3 Å². The first-order chi connectivity index (χ1) is 12.4. The van der Waals surface area contributed by atoms with E-state index in [1.807, 2.05) is 13.8 Å². The van der Waals surface area contributed by atoms with Crippen molar-refractivity contribution in [2.45, 2.75) is 25.3 Å². The Kier molecular flexibility index (Phi) is 4.99. The maximum atomic E-state index is 12.7. The molecule has 1 heterocycles. The summed E-state index contributed by atoms with van der Waals surface area (Å²) < 4.78 is 35.4. The van der Waals surface area contributed by atoms with Gasteiger partial charge in [0.25, 0.3) is 10.0 Å². The highest BCUT2D eigenvalue weighted by Crippen LogP contribution is 2.32. The molecule has 2 aromatic carbocycles. The zero-order chi connectivity index (χ0) is 18.7. The molecule has 0 spiro atoms. The predicted octanol–water partition coefficient (Wildman–Crippen LogP) is 3.73. The van der Waals surface area contributed by atoms with Crippen LogP contribution in [0.2, 0.25) is 0 Å². The van der Waals surface area contributed by atoms with Gasteiger partial charge in [0.1, 0.15) is 11.3 Å². The van der Waals surface area contributed by atoms with Gasteiger partial charge < -0.3 is 4.74 Å². The van der Waals surface area contributed by atoms with Crippen molar-refractivity contribution in [1.29, 1.82) is 0 Å². The van der Waals surface area contributed by atoms with Crippen LogP contribution in [0.4, 0.5) is 5.69 Å². The molecule has 0 aliphatic carbocycles. The highest BCUT2D eigenvalue weighted by Gasteiger charge is 2.18. The van der Waals surface area contributed by atoms with E-state index >= 15 is 0 Å². The maximum absolute atomic E-state index is 12.7. The third kappa shape index (κ3) is 3.57. The van der Waals surface area contributed by atoms with Crippen molar-refractivity contribution < 1.29 is 13.2 Å². The minimum Gasteiger partial charge on any atom is -0.492 e. The lowest BCUT2D eigenvalue weighted by atomic mass is 10.2. The lowest BCUT2D eigenvalue weighted by molar-refractivity contribution is 0.343. The molecule has 0 saturated heterocycles. The summed E-state index contributed by atoms with van der Waals surface area (Å²) in [5.41, 5.74) is 2.07. The number of hydrogen-bond donors (Lipinski definition) is 1. The molecule has 3 rings (SSSR count). The van der Waals surface area contributed by atoms with E-state index in [1.165, 1.54) is 0 Å². The van der Waals surface area contributed by atoms with Gasteiger partial charge >= 0.3 is 0 Å². The fraction of sp³-hybridized carbons (Fsp3) is 0.211. The van der Waals surface area contributed by atoms with Crippen molar-refractivity contribution in [1.82, 2.24) is 9.78 Å². The van der Waals surface area contributed by atoms with Gasteiger partial charge in [-0.2, -0.15) is 5.10 Å². The van der Waals surface area contributed by atoms with E-state index in [4.69, 9.17) is 4.74 Å². The summed E-state index contributed by atoms with van der Waals surface area (Å²) >= 11 is 0. The molecular formula is C19H21N3O3S. The first-order valence-corrected chi connectivity index (χ1v) is 9.76. The Morgan fingerprint density at radius 1 is 1.23 bits per heavy atom. The minimum atomic E-state index is -3.70. The van der Waals surface area contributed by atoms with E-state index in [-0.39, 0.29) is 4.90 Å². The van der Waals surface area contributed by atoms with Crippen LogP contribution in [0, 0.1) is 6.92 Å². The Morgan fingerprint density at radius 3 is 2.62 bits per heavy atom. The van der Waals surface area contributed by atoms with Gasteiger partial charge in [0.05, 0.1) is 23.7 Å². The number of allylic oxidation sites excluding steroid dienone is 1. The van der Waals surface area contributed by atoms with Gasteiger partial charge in [0.15, 0.2) is 0 Å². The first kappa shape index (κ1) is 18.0. The Morgan fingerprint density at radius 2 is 1.96 bits per heavy atom. The largest absolute Gasteiger partial charge is 0.492 e. The Bertz CT molecular complexity index is 1040. The maximum Gasteiger partial charge on any atom is 0.261 e. The molecule has 0 aliphatic rings. The Labute approximate surface area is 153 Å². The van der Waals surface area contributed by atoms with Crippen molar-refractivity contribution >= 4 is 26.6 Å². The summed E-state index contributed by atoms with van der Waals surface area (Å²) in [6.45, 7) is 8.53. The molecule has 6 nitrogen and oxygen atoms in total. The summed E-state index contributed by atoms with van der Waals surface area (Å²) in [6, 6.07) is 10.1. The molecule has 0 saturated carbocycles. The number of fused-ring (bicyclic) bond motifs is 1. The molecule has 3 aromatic rings. The number of ether oxygens (including phenoxy) is 1. The number of rotatable bonds is 7. The van der Waals surface area contributed by atoms with Gasteiger partial charge in [-0.1, -0.05) is 23.8 Å². The fourth-order valence-corrected chi connectivity index (χ4v) is 3.72. The smallest absolute Gasteiger partial charge is 0.261 e. The van der Waals surface area contributed by atoms with Crippen LogP contribution in [0.25, 0.3) is 10.9 Å². The highest BCUT2D eigenvalue weighted by molar-refractivity contribution is 7.92. The molecule has 0 bridgehead atoms. The van der Waals surface area contributed by atoms with E-state index in [0.29, 0.717) is 35.5 Å². The van der Waals surface area contributed by atoms with Gasteiger partial charge in [-0.3, -0.25) is 9.40 Å². The molecule has 0 fully saturated rings. The topological polar surface area (TPSA) is 73.2 Å². The number of anilines is 1. The SMILES string of the molecule is C=CCn1cc2c(NS(=O)(=O)c3ccc(C)cc3)ccc(OCC)c2n1. The van der Waals surface area contributed by atoms with Crippen molar-refractivity contribution in [3.8, 4) is 5.75 Å². The van der Waals surface area contributed by atoms with Crippen LogP contribution in [0.5, 0.6) is 5.75 Å². The Balaban J connectivity index is 2.05. The summed E-state index contributed by atoms with van der Waals surface area (Å²) in [6.07, 6.45) is 3.51. The average molecular weight is 371 g/mol. The second kappa shape index (κ2) is 7.21. The number of nitrogens with zero attached hydrogens (tertiary/aromatic N) is 2. The van der Waals surface area contributed by atoms with E-state index in [1.54, 1.807) is 53.4 Å². The normalized spacial score (nSPS) is 11.5. The van der Waals surface area contributed by atoms with Crippen LogP contribution in [0.1, 0.15) is 12.5 Å². The standard InChI is InChI=1S/C19H21N3O3S/c1-4-12-22-13-16-17(10-11-18(25-5-2)19(16)20-22)21-26(23,24)15-8-6-14(3)7-9-15/h4,6-11,13,21H,1,5,12H2,2-3H3. The third-order valence-corrected chi connectivity index (χ3v) is 5.26. The van der Waals surface area contributed by atoms with Gasteiger partial charge in [-0.05, 0) is 38.1 Å². The van der Waals surface area contributed by atoms with Crippen LogP contribution in [-0.2, 0) is 16.6 Å². The van der Waals surface area contributed by atoms with Crippen LogP contribution in [0.15, 0.2) is 60.1 Å². The number of sulfonamides is 1. The summed E-state index contributed by atoms with van der Waals surface area (Å²) in [4.78, 5) is 0.212. The molecule has 136 valence electrons. The van der Waals surface area contributed by atoms with Crippen LogP contribution in [-0.4, -0.2) is 24.8 Å². The van der Waals surface area contributed by atoms with E-state index < -0.39 is 10.0 Å². The summed E-state index contributed by atoms with van der Waals surface area (Å²) in [5, 5.41) is 5.16. The monoisotopic (exact) mass is 371 g/mol. The van der Waals surface area contributed by atoms with E-state index in [9.17, 15) is 8.42 Å². The quantitative estimate of drug-likeness (QED) is 0.642. The van der Waals surface area contributed by atoms with Crippen LogP contribution in [0.3, 0.4) is 0 Å². The lowest BCUT2D eigenvalue weighted by Gasteiger charge is -2.11. The molecule has 26 heavy (non-hydrogen) atoms. The van der Waals surface area contributed by atoms with Gasteiger partial charge in [0, 0.05) is 11.6 Å². The number of nitrogens with one attached hydrogen (secondary N) is 1. The zero-order valence-corrected chi connectivity index (χ0v) is 15.6. The molecule has 0 radical (unpaired) electrons. The predicted molar refractivity (Wildman–Crippen MR) is 103 cm³/mol. The molecule has 0 aliphatic heterocycles. The zero-order valence-electron chi connectivity index (χ0n) is 14.8. The van der Waals surface area contributed by atoms with Crippen molar-refractivity contribution in [3.05, 3.63) is 60.8 Å². The summed E-state index contributed by atoms with van der Waals surface area (Å²) in [5.74, 6) is 0.614. The van der Waals surface area contributed by atoms with Crippen LogP contribution >= 0.6 is 0 Å². The number of aryl methyl sites for hydroxylation is 1. The van der Waals surface area contributed by atoms with Gasteiger partial charge in [-0.15, -0.1) is 6.58 Å². The van der Waals surface area contributed by atoms with Crippen molar-refractivity contribution in [2.24, 2.45) is 0 Å². The number of aromatic nitrogens is 2. The second-order valence-electron chi connectivity index (χ2n) is 5.86. The number of benzene rings is 2. The average Bonchev–Trinajstić information content (AvgIpc) is 3.02. The summed E-state index contributed by atoms with van der Waals surface area (Å²) in [7, 11) is -3.70. The molecule has 0 unspecified atom stereocenters. The number of hydrogen-bond acceptors (Lipinski definition) is 4. The highest BCUT2D eigenvalue weighted by atomic mass is 32.2. The molecular weight excluding hydrogens is 350 g/mol. The molecule has 0 amide bonds. The first-order valence-electron chi connectivity index (χ1n) is 8.28. The van der Waals surface area contributed by atoms with E-state index in [0.717, 1.165) is 5.56 Å². The van der Waals surface area contributed by atoms with Gasteiger partial charge in [-0.25, -0.2) is 8.42 Å². The Hall–Kier alpha value is -2.80. The van der Waals surface area contributed by atoms with Gasteiger partial charge in [0.2, 0.25) is 0 Å². The molecule has 0 atom stereocenters. The fourth-order valence-electron chi connectivity index (χ4n) is 2.64. The van der Waals surface area contributed by atoms with Crippen LogP contribution < -0.4 is 9.46 Å². The van der Waals surface area contributed by atoms with Crippen molar-refractivity contribution in [3.63, 3.8) is 0 Å². The van der Waals surface area contributed by atoms with E-state index in [2.05, 4.69) is 16.4 Å². The molecule has 1 aromatic heterocycles. The lowest BCUT2D eigenvalue weighted by Crippen LogP contribution is -2.13. The minimum absolute atomic E-state index is 0.212. The molecule has 7 heteroatoms. The third-order valence-electron chi connectivity index (χ3n) is 3.88.